The van der Waals surface area contributed by atoms with Crippen LogP contribution in [0.4, 0.5) is 0 Å². The topological polar surface area (TPSA) is 50.9 Å². The molecule has 0 aliphatic rings. The van der Waals surface area contributed by atoms with Gasteiger partial charge in [0, 0.05) is 6.54 Å². The Kier molecular flexibility index (Phi) is 3.73. The highest BCUT2D eigenvalue weighted by Crippen LogP contribution is 2.00. The van der Waals surface area contributed by atoms with Gasteiger partial charge in [-0.2, -0.15) is 5.10 Å². The lowest BCUT2D eigenvalue weighted by Gasteiger charge is -2.03. The van der Waals surface area contributed by atoms with E-state index in [0.29, 0.717) is 0 Å². The van der Waals surface area contributed by atoms with Gasteiger partial charge in [0.2, 0.25) is 0 Å². The van der Waals surface area contributed by atoms with Crippen molar-refractivity contribution in [3.8, 4) is 0 Å². The molecule has 1 aromatic heterocycles. The SMILES string of the molecule is CC(O)CCCCn1cncn1. The first-order chi connectivity index (χ1) is 5.79. The molecule has 1 rings (SSSR count). The van der Waals surface area contributed by atoms with E-state index in [1.807, 2.05) is 11.6 Å². The van der Waals surface area contributed by atoms with Crippen molar-refractivity contribution in [2.75, 3.05) is 0 Å². The Morgan fingerprint density at radius 2 is 2.33 bits per heavy atom. The molecule has 1 atom stereocenters. The Balaban J connectivity index is 2.04. The lowest BCUT2D eigenvalue weighted by molar-refractivity contribution is 0.180. The largest absolute Gasteiger partial charge is 0.393 e. The summed E-state index contributed by atoms with van der Waals surface area (Å²) in [4.78, 5) is 3.84. The van der Waals surface area contributed by atoms with Crippen LogP contribution in [-0.4, -0.2) is 26.0 Å². The highest BCUT2D eigenvalue weighted by Gasteiger charge is 1.95. The highest BCUT2D eigenvalue weighted by atomic mass is 16.3. The molecule has 4 heteroatoms. The molecule has 1 unspecified atom stereocenters. The number of hydrogen-bond donors (Lipinski definition) is 1. The van der Waals surface area contributed by atoms with Gasteiger partial charge < -0.3 is 5.11 Å². The van der Waals surface area contributed by atoms with Gasteiger partial charge in [-0.15, -0.1) is 0 Å². The zero-order chi connectivity index (χ0) is 8.81. The average molecular weight is 169 g/mol. The van der Waals surface area contributed by atoms with Crippen LogP contribution in [0.15, 0.2) is 12.7 Å². The van der Waals surface area contributed by atoms with Crippen LogP contribution in [0.3, 0.4) is 0 Å². The summed E-state index contributed by atoms with van der Waals surface area (Å²) in [5, 5.41) is 13.0. The first kappa shape index (κ1) is 9.19. The van der Waals surface area contributed by atoms with E-state index in [1.165, 1.54) is 6.33 Å². The number of rotatable bonds is 5. The third-order valence-corrected chi connectivity index (χ3v) is 1.73. The van der Waals surface area contributed by atoms with Crippen LogP contribution in [0, 0.1) is 0 Å². The van der Waals surface area contributed by atoms with Gasteiger partial charge in [0.25, 0.3) is 0 Å². The molecule has 0 amide bonds. The van der Waals surface area contributed by atoms with E-state index >= 15 is 0 Å². The van der Waals surface area contributed by atoms with Gasteiger partial charge in [-0.3, -0.25) is 4.68 Å². The molecule has 0 saturated carbocycles. The van der Waals surface area contributed by atoms with Gasteiger partial charge in [0.15, 0.2) is 0 Å². The first-order valence-electron chi connectivity index (χ1n) is 4.29. The third kappa shape index (κ3) is 3.48. The Morgan fingerprint density at radius 3 is 2.92 bits per heavy atom. The number of aliphatic hydroxyl groups excluding tert-OH is 1. The van der Waals surface area contributed by atoms with Gasteiger partial charge in [-0.1, -0.05) is 0 Å². The number of unbranched alkanes of at least 4 members (excludes halogenated alkanes) is 1. The predicted octanol–water partition coefficient (Wildman–Crippen LogP) is 0.829. The minimum atomic E-state index is -0.180. The van der Waals surface area contributed by atoms with Crippen LogP contribution in [0.1, 0.15) is 26.2 Å². The van der Waals surface area contributed by atoms with Gasteiger partial charge in [-0.25, -0.2) is 4.98 Å². The molecular weight excluding hydrogens is 154 g/mol. The van der Waals surface area contributed by atoms with Crippen LogP contribution in [0.5, 0.6) is 0 Å². The van der Waals surface area contributed by atoms with Crippen LogP contribution in [0.25, 0.3) is 0 Å². The maximum absolute atomic E-state index is 8.97. The van der Waals surface area contributed by atoms with Crippen molar-refractivity contribution >= 4 is 0 Å². The summed E-state index contributed by atoms with van der Waals surface area (Å²) < 4.78 is 1.81. The monoisotopic (exact) mass is 169 g/mol. The van der Waals surface area contributed by atoms with Crippen molar-refractivity contribution < 1.29 is 5.11 Å². The minimum Gasteiger partial charge on any atom is -0.393 e. The molecule has 68 valence electrons. The summed E-state index contributed by atoms with van der Waals surface area (Å²) in [6, 6.07) is 0. The Morgan fingerprint density at radius 1 is 1.50 bits per heavy atom. The Bertz CT molecular complexity index is 196. The minimum absolute atomic E-state index is 0.180. The fraction of sp³-hybridized carbons (Fsp3) is 0.750. The van der Waals surface area contributed by atoms with Gasteiger partial charge in [-0.05, 0) is 26.2 Å². The standard InChI is InChI=1S/C8H15N3O/c1-8(12)4-2-3-5-11-7-9-6-10-11/h6-8,12H,2-5H2,1H3. The molecule has 0 bridgehead atoms. The Labute approximate surface area is 72.2 Å². The van der Waals surface area contributed by atoms with Crippen molar-refractivity contribution in [2.24, 2.45) is 0 Å². The third-order valence-electron chi connectivity index (χ3n) is 1.73. The molecule has 0 aliphatic heterocycles. The molecule has 1 heterocycles. The number of aliphatic hydroxyl groups is 1. The molecule has 0 fully saturated rings. The summed E-state index contributed by atoms with van der Waals surface area (Å²) in [6.45, 7) is 2.71. The van der Waals surface area contributed by atoms with Crippen LogP contribution in [-0.2, 0) is 6.54 Å². The summed E-state index contributed by atoms with van der Waals surface area (Å²) in [5.74, 6) is 0. The fourth-order valence-corrected chi connectivity index (χ4v) is 1.06. The lowest BCUT2D eigenvalue weighted by atomic mass is 10.2. The van der Waals surface area contributed by atoms with Crippen molar-refractivity contribution in [3.05, 3.63) is 12.7 Å². The van der Waals surface area contributed by atoms with E-state index < -0.39 is 0 Å². The van der Waals surface area contributed by atoms with Crippen LogP contribution < -0.4 is 0 Å². The van der Waals surface area contributed by atoms with Crippen molar-refractivity contribution in [1.29, 1.82) is 0 Å². The normalized spacial score (nSPS) is 13.2. The number of aryl methyl sites for hydroxylation is 1. The molecule has 1 aromatic rings. The van der Waals surface area contributed by atoms with E-state index in [0.717, 1.165) is 25.8 Å². The smallest absolute Gasteiger partial charge is 0.137 e. The van der Waals surface area contributed by atoms with E-state index in [4.69, 9.17) is 5.11 Å². The van der Waals surface area contributed by atoms with E-state index in [9.17, 15) is 0 Å². The molecule has 0 saturated heterocycles. The second kappa shape index (κ2) is 4.87. The predicted molar refractivity (Wildman–Crippen MR) is 45.6 cm³/mol. The quantitative estimate of drug-likeness (QED) is 0.664. The zero-order valence-corrected chi connectivity index (χ0v) is 7.35. The molecule has 0 aliphatic carbocycles. The van der Waals surface area contributed by atoms with Gasteiger partial charge in [0.05, 0.1) is 6.10 Å². The highest BCUT2D eigenvalue weighted by molar-refractivity contribution is 4.56. The van der Waals surface area contributed by atoms with Crippen molar-refractivity contribution in [1.82, 2.24) is 14.8 Å². The molecule has 0 aromatic carbocycles. The fourth-order valence-electron chi connectivity index (χ4n) is 1.06. The number of nitrogens with zero attached hydrogens (tertiary/aromatic N) is 3. The van der Waals surface area contributed by atoms with E-state index in [2.05, 4.69) is 10.1 Å². The Hall–Kier alpha value is -0.900. The molecule has 4 nitrogen and oxygen atoms in total. The molecule has 0 radical (unpaired) electrons. The van der Waals surface area contributed by atoms with Crippen molar-refractivity contribution in [3.63, 3.8) is 0 Å². The number of hydrogen-bond acceptors (Lipinski definition) is 3. The molecule has 1 N–H and O–H groups in total. The van der Waals surface area contributed by atoms with E-state index in [-0.39, 0.29) is 6.10 Å². The summed E-state index contributed by atoms with van der Waals surface area (Å²) in [5.41, 5.74) is 0. The molecule has 0 spiro atoms. The summed E-state index contributed by atoms with van der Waals surface area (Å²) >= 11 is 0. The van der Waals surface area contributed by atoms with Gasteiger partial charge in [0.1, 0.15) is 12.7 Å². The van der Waals surface area contributed by atoms with Crippen LogP contribution >= 0.6 is 0 Å². The van der Waals surface area contributed by atoms with Gasteiger partial charge >= 0.3 is 0 Å². The second-order valence-corrected chi connectivity index (χ2v) is 3.00. The summed E-state index contributed by atoms with van der Waals surface area (Å²) in [6.07, 6.45) is 6.03. The molecule has 12 heavy (non-hydrogen) atoms. The van der Waals surface area contributed by atoms with E-state index in [1.54, 1.807) is 6.33 Å². The zero-order valence-electron chi connectivity index (χ0n) is 7.35. The average Bonchev–Trinajstić information content (AvgIpc) is 2.49. The summed E-state index contributed by atoms with van der Waals surface area (Å²) in [7, 11) is 0. The molecular formula is C8H15N3O. The second-order valence-electron chi connectivity index (χ2n) is 3.00. The van der Waals surface area contributed by atoms with Crippen LogP contribution in [0.2, 0.25) is 0 Å². The maximum Gasteiger partial charge on any atom is 0.137 e. The van der Waals surface area contributed by atoms with Crippen molar-refractivity contribution in [2.45, 2.75) is 38.8 Å². The maximum atomic E-state index is 8.97. The number of aromatic nitrogens is 3. The lowest BCUT2D eigenvalue weighted by Crippen LogP contribution is -2.02. The first-order valence-corrected chi connectivity index (χ1v) is 4.29.